The summed E-state index contributed by atoms with van der Waals surface area (Å²) in [6.45, 7) is 6.09. The summed E-state index contributed by atoms with van der Waals surface area (Å²) in [6.07, 6.45) is 1.57. The van der Waals surface area contributed by atoms with Gasteiger partial charge in [-0.25, -0.2) is 14.2 Å². The number of nitrogens with zero attached hydrogens (tertiary/aromatic N) is 2. The van der Waals surface area contributed by atoms with Gasteiger partial charge in [-0.3, -0.25) is 0 Å². The van der Waals surface area contributed by atoms with Gasteiger partial charge in [-0.15, -0.1) is 0 Å². The molecule has 1 saturated heterocycles. The number of carbonyl (C=O) groups excluding carboxylic acids is 1. The van der Waals surface area contributed by atoms with Crippen molar-refractivity contribution in [1.82, 2.24) is 9.88 Å². The molecular formula is C15H20ClFN2O2. The minimum atomic E-state index is -1.47. The number of halogens is 2. The summed E-state index contributed by atoms with van der Waals surface area (Å²) in [6, 6.07) is 3.18. The summed E-state index contributed by atoms with van der Waals surface area (Å²) in [5.41, 5.74) is -1.49. The molecule has 1 aromatic rings. The molecule has 4 nitrogen and oxygen atoms in total. The quantitative estimate of drug-likeness (QED) is 0.738. The first-order chi connectivity index (χ1) is 9.70. The Morgan fingerprint density at radius 3 is 2.57 bits per heavy atom. The lowest BCUT2D eigenvalue weighted by atomic mass is 9.87. The molecule has 0 radical (unpaired) electrons. The second-order valence-corrected chi connectivity index (χ2v) is 6.69. The van der Waals surface area contributed by atoms with Crippen LogP contribution in [0.25, 0.3) is 0 Å². The maximum Gasteiger partial charge on any atom is 0.410 e. The molecule has 0 aromatic carbocycles. The minimum absolute atomic E-state index is 0.229. The van der Waals surface area contributed by atoms with Crippen LogP contribution in [0.3, 0.4) is 0 Å². The number of likely N-dealkylation sites (tertiary alicyclic amines) is 1. The zero-order chi connectivity index (χ0) is 15.7. The number of ether oxygens (including phenoxy) is 1. The van der Waals surface area contributed by atoms with Gasteiger partial charge in [0.2, 0.25) is 0 Å². The Labute approximate surface area is 129 Å². The third kappa shape index (κ3) is 4.06. The van der Waals surface area contributed by atoms with Gasteiger partial charge in [0, 0.05) is 32.1 Å². The van der Waals surface area contributed by atoms with E-state index < -0.39 is 17.4 Å². The van der Waals surface area contributed by atoms with Gasteiger partial charge in [-0.05, 0) is 38.5 Å². The molecule has 0 unspecified atom stereocenters. The summed E-state index contributed by atoms with van der Waals surface area (Å²) < 4.78 is 20.3. The second kappa shape index (κ2) is 5.79. The number of aromatic nitrogens is 1. The van der Waals surface area contributed by atoms with E-state index in [0.717, 1.165) is 0 Å². The number of hydrogen-bond donors (Lipinski definition) is 0. The number of alkyl halides is 1. The maximum atomic E-state index is 15.0. The monoisotopic (exact) mass is 314 g/mol. The molecule has 1 aromatic heterocycles. The lowest BCUT2D eigenvalue weighted by Crippen LogP contribution is -2.45. The van der Waals surface area contributed by atoms with Gasteiger partial charge in [0.15, 0.2) is 0 Å². The zero-order valence-electron chi connectivity index (χ0n) is 12.5. The fraction of sp³-hybridized carbons (Fsp3) is 0.600. The van der Waals surface area contributed by atoms with Gasteiger partial charge >= 0.3 is 6.09 Å². The molecule has 1 aliphatic rings. The predicted molar refractivity (Wildman–Crippen MR) is 79.1 cm³/mol. The minimum Gasteiger partial charge on any atom is -0.444 e. The van der Waals surface area contributed by atoms with Crippen molar-refractivity contribution < 1.29 is 13.9 Å². The number of piperidine rings is 1. The van der Waals surface area contributed by atoms with Crippen molar-refractivity contribution in [2.75, 3.05) is 13.1 Å². The van der Waals surface area contributed by atoms with Crippen LogP contribution in [0.4, 0.5) is 9.18 Å². The number of pyridine rings is 1. The Bertz CT molecular complexity index is 523. The van der Waals surface area contributed by atoms with E-state index in [-0.39, 0.29) is 18.0 Å². The van der Waals surface area contributed by atoms with Gasteiger partial charge in [0.05, 0.1) is 0 Å². The third-order valence-corrected chi connectivity index (χ3v) is 3.66. The number of rotatable bonds is 1. The topological polar surface area (TPSA) is 42.4 Å². The molecule has 21 heavy (non-hydrogen) atoms. The van der Waals surface area contributed by atoms with E-state index in [2.05, 4.69) is 4.98 Å². The van der Waals surface area contributed by atoms with Crippen molar-refractivity contribution in [1.29, 1.82) is 0 Å². The summed E-state index contributed by atoms with van der Waals surface area (Å²) in [5.74, 6) is 0. The second-order valence-electron chi connectivity index (χ2n) is 6.30. The Balaban J connectivity index is 2.01. The predicted octanol–water partition coefficient (Wildman–Crippen LogP) is 3.93. The number of carbonyl (C=O) groups is 1. The average molecular weight is 315 g/mol. The smallest absolute Gasteiger partial charge is 0.410 e. The zero-order valence-corrected chi connectivity index (χ0v) is 13.3. The van der Waals surface area contributed by atoms with Crippen molar-refractivity contribution in [3.8, 4) is 0 Å². The Morgan fingerprint density at radius 2 is 2.05 bits per heavy atom. The first-order valence-corrected chi connectivity index (χ1v) is 7.36. The van der Waals surface area contributed by atoms with Crippen LogP contribution in [0.2, 0.25) is 5.15 Å². The highest BCUT2D eigenvalue weighted by atomic mass is 35.5. The van der Waals surface area contributed by atoms with Crippen LogP contribution in [-0.2, 0) is 10.4 Å². The number of amides is 1. The van der Waals surface area contributed by atoms with Crippen molar-refractivity contribution >= 4 is 17.7 Å². The van der Waals surface area contributed by atoms with Gasteiger partial charge in [-0.2, -0.15) is 0 Å². The molecule has 0 bridgehead atoms. The Kier molecular flexibility index (Phi) is 4.42. The lowest BCUT2D eigenvalue weighted by Gasteiger charge is -2.37. The van der Waals surface area contributed by atoms with Crippen LogP contribution >= 0.6 is 11.6 Å². The van der Waals surface area contributed by atoms with E-state index in [1.165, 1.54) is 6.20 Å². The maximum absolute atomic E-state index is 15.0. The van der Waals surface area contributed by atoms with Crippen LogP contribution < -0.4 is 0 Å². The molecule has 2 heterocycles. The van der Waals surface area contributed by atoms with Crippen molar-refractivity contribution in [3.05, 3.63) is 29.0 Å². The molecule has 2 rings (SSSR count). The van der Waals surface area contributed by atoms with E-state index in [0.29, 0.717) is 18.7 Å². The first-order valence-electron chi connectivity index (χ1n) is 6.98. The normalized spacial score (nSPS) is 18.4. The molecule has 116 valence electrons. The molecule has 0 N–H and O–H groups in total. The van der Waals surface area contributed by atoms with E-state index in [4.69, 9.17) is 16.3 Å². The standard InChI is InChI=1S/C15H20ClFN2O2/c1-14(2,3)21-13(20)19-8-5-15(17,6-9-19)11-4-7-18-12(16)10-11/h4,7,10H,5-6,8-9H2,1-3H3. The molecule has 0 spiro atoms. The van der Waals surface area contributed by atoms with E-state index >= 15 is 0 Å². The van der Waals surface area contributed by atoms with Crippen molar-refractivity contribution in [2.24, 2.45) is 0 Å². The van der Waals surface area contributed by atoms with Gasteiger partial charge in [-0.1, -0.05) is 11.6 Å². The molecule has 6 heteroatoms. The van der Waals surface area contributed by atoms with Crippen molar-refractivity contribution in [2.45, 2.75) is 44.9 Å². The lowest BCUT2D eigenvalue weighted by molar-refractivity contribution is 0.00219. The molecule has 1 fully saturated rings. The van der Waals surface area contributed by atoms with E-state index in [1.54, 1.807) is 17.0 Å². The largest absolute Gasteiger partial charge is 0.444 e. The molecule has 0 aliphatic carbocycles. The van der Waals surface area contributed by atoms with E-state index in [1.807, 2.05) is 20.8 Å². The van der Waals surface area contributed by atoms with Crippen LogP contribution in [0.5, 0.6) is 0 Å². The fourth-order valence-electron chi connectivity index (χ4n) is 2.34. The van der Waals surface area contributed by atoms with Crippen LogP contribution in [0, 0.1) is 0 Å². The highest BCUT2D eigenvalue weighted by Gasteiger charge is 2.38. The van der Waals surface area contributed by atoms with Crippen LogP contribution in [0.15, 0.2) is 18.3 Å². The van der Waals surface area contributed by atoms with E-state index in [9.17, 15) is 9.18 Å². The average Bonchev–Trinajstić information content (AvgIpc) is 2.37. The molecule has 1 amide bonds. The van der Waals surface area contributed by atoms with Crippen molar-refractivity contribution in [3.63, 3.8) is 0 Å². The van der Waals surface area contributed by atoms with Gasteiger partial charge < -0.3 is 9.64 Å². The SMILES string of the molecule is CC(C)(C)OC(=O)N1CCC(F)(c2ccnc(Cl)c2)CC1. The summed E-state index contributed by atoms with van der Waals surface area (Å²) in [4.78, 5) is 17.4. The Morgan fingerprint density at radius 1 is 1.43 bits per heavy atom. The third-order valence-electron chi connectivity index (χ3n) is 3.45. The number of hydrogen-bond acceptors (Lipinski definition) is 3. The molecule has 0 saturated carbocycles. The fourth-order valence-corrected chi connectivity index (χ4v) is 2.51. The first kappa shape index (κ1) is 16.0. The Hall–Kier alpha value is -1.36. The highest BCUT2D eigenvalue weighted by Crippen LogP contribution is 2.37. The van der Waals surface area contributed by atoms with Gasteiger partial charge in [0.1, 0.15) is 16.4 Å². The highest BCUT2D eigenvalue weighted by molar-refractivity contribution is 6.29. The molecule has 0 atom stereocenters. The summed E-state index contributed by atoms with van der Waals surface area (Å²) in [5, 5.41) is 0.277. The van der Waals surface area contributed by atoms with Crippen LogP contribution in [-0.4, -0.2) is 34.7 Å². The molecule has 1 aliphatic heterocycles. The summed E-state index contributed by atoms with van der Waals surface area (Å²) >= 11 is 5.82. The molecular weight excluding hydrogens is 295 g/mol. The summed E-state index contributed by atoms with van der Waals surface area (Å²) in [7, 11) is 0. The van der Waals surface area contributed by atoms with Crippen LogP contribution in [0.1, 0.15) is 39.2 Å². The van der Waals surface area contributed by atoms with Gasteiger partial charge in [0.25, 0.3) is 0 Å².